The van der Waals surface area contributed by atoms with Gasteiger partial charge in [0, 0.05) is 38.6 Å². The number of nitrogens with one attached hydrogen (secondary N) is 1. The summed E-state index contributed by atoms with van der Waals surface area (Å²) >= 11 is 0. The lowest BCUT2D eigenvalue weighted by molar-refractivity contribution is -0.126. The van der Waals surface area contributed by atoms with Crippen molar-refractivity contribution in [1.29, 1.82) is 0 Å². The molecule has 0 bridgehead atoms. The highest BCUT2D eigenvalue weighted by Gasteiger charge is 2.25. The molecule has 2 aromatic carbocycles. The average molecular weight is 403 g/mol. The number of nitrogens with zero attached hydrogens (tertiary/aromatic N) is 3. The number of hydrogen-bond donors (Lipinski definition) is 1. The van der Waals surface area contributed by atoms with Gasteiger partial charge in [-0.2, -0.15) is 0 Å². The number of carbonyl (C=O) groups excluding carboxylic acids is 1. The molecule has 3 aromatic rings. The van der Waals surface area contributed by atoms with Crippen molar-refractivity contribution >= 4 is 5.91 Å². The van der Waals surface area contributed by atoms with Crippen molar-refractivity contribution in [2.24, 2.45) is 5.92 Å². The van der Waals surface area contributed by atoms with Crippen LogP contribution >= 0.6 is 0 Å². The van der Waals surface area contributed by atoms with E-state index in [0.717, 1.165) is 44.6 Å². The monoisotopic (exact) mass is 402 g/mol. The number of piperidine rings is 1. The van der Waals surface area contributed by atoms with E-state index in [1.807, 2.05) is 17.1 Å². The molecule has 1 aliphatic heterocycles. The van der Waals surface area contributed by atoms with Gasteiger partial charge < -0.3 is 9.88 Å². The molecular weight excluding hydrogens is 372 g/mol. The number of hydrogen-bond acceptors (Lipinski definition) is 3. The molecule has 1 aliphatic rings. The molecule has 0 spiro atoms. The zero-order valence-corrected chi connectivity index (χ0v) is 17.6. The Balaban J connectivity index is 1.30. The normalized spacial score (nSPS) is 17.0. The Kier molecular flexibility index (Phi) is 6.60. The molecule has 1 N–H and O–H groups in total. The topological polar surface area (TPSA) is 50.2 Å². The van der Waals surface area contributed by atoms with Crippen LogP contribution in [0.5, 0.6) is 0 Å². The first-order valence-electron chi connectivity index (χ1n) is 10.8. The molecule has 30 heavy (non-hydrogen) atoms. The molecule has 1 amide bonds. The lowest BCUT2D eigenvalue weighted by Crippen LogP contribution is -2.42. The van der Waals surface area contributed by atoms with Crippen molar-refractivity contribution in [3.63, 3.8) is 0 Å². The van der Waals surface area contributed by atoms with E-state index in [-0.39, 0.29) is 11.8 Å². The summed E-state index contributed by atoms with van der Waals surface area (Å²) in [6.45, 7) is 6.34. The standard InChI is InChI=1S/C25H30N4O/c1-20-6-2-3-9-23(20)17-28-12-5-10-24(18-28)25(30)27-15-21-7-4-8-22(14-21)16-29-13-11-26-19-29/h2-4,6-9,11,13-14,19,24H,5,10,12,15-18H2,1H3,(H,27,30). The van der Waals surface area contributed by atoms with Crippen molar-refractivity contribution in [3.8, 4) is 0 Å². The van der Waals surface area contributed by atoms with Gasteiger partial charge in [0.05, 0.1) is 12.2 Å². The molecule has 2 heterocycles. The minimum Gasteiger partial charge on any atom is -0.352 e. The Labute approximate surface area is 178 Å². The summed E-state index contributed by atoms with van der Waals surface area (Å²) in [4.78, 5) is 19.3. The number of likely N-dealkylation sites (tertiary alicyclic amines) is 1. The van der Waals surface area contributed by atoms with Crippen LogP contribution in [0.15, 0.2) is 67.3 Å². The number of carbonyl (C=O) groups is 1. The minimum atomic E-state index is 0.0666. The van der Waals surface area contributed by atoms with Gasteiger partial charge in [0.25, 0.3) is 0 Å². The van der Waals surface area contributed by atoms with Gasteiger partial charge in [-0.25, -0.2) is 4.98 Å². The third-order valence-corrected chi connectivity index (χ3v) is 5.91. The second-order valence-electron chi connectivity index (χ2n) is 8.27. The fourth-order valence-electron chi connectivity index (χ4n) is 4.20. The van der Waals surface area contributed by atoms with E-state index in [4.69, 9.17) is 0 Å². The highest BCUT2D eigenvalue weighted by molar-refractivity contribution is 5.79. The van der Waals surface area contributed by atoms with E-state index in [1.165, 1.54) is 16.7 Å². The van der Waals surface area contributed by atoms with Crippen molar-refractivity contribution in [2.75, 3.05) is 13.1 Å². The van der Waals surface area contributed by atoms with Gasteiger partial charge in [-0.15, -0.1) is 0 Å². The van der Waals surface area contributed by atoms with Crippen LogP contribution in [-0.2, 0) is 24.4 Å². The molecule has 5 nitrogen and oxygen atoms in total. The molecule has 1 fully saturated rings. The number of rotatable bonds is 7. The van der Waals surface area contributed by atoms with E-state index in [0.29, 0.717) is 6.54 Å². The molecule has 0 saturated carbocycles. The van der Waals surface area contributed by atoms with Crippen LogP contribution in [-0.4, -0.2) is 33.4 Å². The number of benzene rings is 2. The molecule has 0 aliphatic carbocycles. The molecule has 0 radical (unpaired) electrons. The maximum atomic E-state index is 12.8. The average Bonchev–Trinajstić information content (AvgIpc) is 3.27. The summed E-state index contributed by atoms with van der Waals surface area (Å²) < 4.78 is 2.04. The SMILES string of the molecule is Cc1ccccc1CN1CCCC(C(=O)NCc2cccc(Cn3ccnc3)c2)C1. The third-order valence-electron chi connectivity index (χ3n) is 5.91. The predicted molar refractivity (Wildman–Crippen MR) is 119 cm³/mol. The van der Waals surface area contributed by atoms with Crippen molar-refractivity contribution in [2.45, 2.75) is 39.4 Å². The number of aromatic nitrogens is 2. The van der Waals surface area contributed by atoms with Gasteiger partial charge in [-0.3, -0.25) is 9.69 Å². The molecule has 156 valence electrons. The Morgan fingerprint density at radius 1 is 1.13 bits per heavy atom. The van der Waals surface area contributed by atoms with Gasteiger partial charge in [0.1, 0.15) is 0 Å². The zero-order valence-electron chi connectivity index (χ0n) is 17.6. The predicted octanol–water partition coefficient (Wildman–Crippen LogP) is 3.77. The van der Waals surface area contributed by atoms with Crippen LogP contribution in [0.3, 0.4) is 0 Å². The molecule has 1 saturated heterocycles. The molecular formula is C25H30N4O. The quantitative estimate of drug-likeness (QED) is 0.655. The van der Waals surface area contributed by atoms with Gasteiger partial charge in [-0.1, -0.05) is 48.5 Å². The van der Waals surface area contributed by atoms with Gasteiger partial charge >= 0.3 is 0 Å². The molecule has 1 atom stereocenters. The fourth-order valence-corrected chi connectivity index (χ4v) is 4.20. The van der Waals surface area contributed by atoms with Crippen molar-refractivity contribution in [1.82, 2.24) is 19.8 Å². The van der Waals surface area contributed by atoms with Crippen LogP contribution in [0.1, 0.15) is 35.1 Å². The Bertz CT molecular complexity index is 967. The third kappa shape index (κ3) is 5.36. The number of amides is 1. The highest BCUT2D eigenvalue weighted by atomic mass is 16.1. The summed E-state index contributed by atoms with van der Waals surface area (Å²) in [6.07, 6.45) is 7.61. The summed E-state index contributed by atoms with van der Waals surface area (Å²) in [7, 11) is 0. The van der Waals surface area contributed by atoms with Gasteiger partial charge in [0.2, 0.25) is 5.91 Å². The van der Waals surface area contributed by atoms with Crippen LogP contribution in [0.2, 0.25) is 0 Å². The summed E-state index contributed by atoms with van der Waals surface area (Å²) in [5.74, 6) is 0.237. The van der Waals surface area contributed by atoms with Crippen molar-refractivity contribution < 1.29 is 4.79 Å². The number of imidazole rings is 1. The van der Waals surface area contributed by atoms with Gasteiger partial charge in [-0.05, 0) is 48.6 Å². The Morgan fingerprint density at radius 2 is 2.00 bits per heavy atom. The lowest BCUT2D eigenvalue weighted by atomic mass is 9.96. The molecule has 1 aromatic heterocycles. The molecule has 1 unspecified atom stereocenters. The lowest BCUT2D eigenvalue weighted by Gasteiger charge is -2.32. The van der Waals surface area contributed by atoms with Gasteiger partial charge in [0.15, 0.2) is 0 Å². The highest BCUT2D eigenvalue weighted by Crippen LogP contribution is 2.20. The first-order valence-corrected chi connectivity index (χ1v) is 10.8. The fraction of sp³-hybridized carbons (Fsp3) is 0.360. The Morgan fingerprint density at radius 3 is 2.83 bits per heavy atom. The first kappa shape index (κ1) is 20.4. The minimum absolute atomic E-state index is 0.0666. The van der Waals surface area contributed by atoms with Crippen LogP contribution in [0.4, 0.5) is 0 Å². The molecule has 5 heteroatoms. The summed E-state index contributed by atoms with van der Waals surface area (Å²) in [6, 6.07) is 16.9. The van der Waals surface area contributed by atoms with Crippen LogP contribution < -0.4 is 5.32 Å². The summed E-state index contributed by atoms with van der Waals surface area (Å²) in [5.41, 5.74) is 5.02. The first-order chi connectivity index (χ1) is 14.7. The van der Waals surface area contributed by atoms with Crippen LogP contribution in [0.25, 0.3) is 0 Å². The van der Waals surface area contributed by atoms with E-state index in [1.54, 1.807) is 6.20 Å². The van der Waals surface area contributed by atoms with E-state index in [2.05, 4.69) is 70.7 Å². The van der Waals surface area contributed by atoms with E-state index in [9.17, 15) is 4.79 Å². The van der Waals surface area contributed by atoms with E-state index >= 15 is 0 Å². The maximum Gasteiger partial charge on any atom is 0.224 e. The van der Waals surface area contributed by atoms with Crippen molar-refractivity contribution in [3.05, 3.63) is 89.5 Å². The van der Waals surface area contributed by atoms with Crippen LogP contribution in [0, 0.1) is 12.8 Å². The molecule has 4 rings (SSSR count). The number of aryl methyl sites for hydroxylation is 1. The Hall–Kier alpha value is -2.92. The second-order valence-corrected chi connectivity index (χ2v) is 8.27. The van der Waals surface area contributed by atoms with E-state index < -0.39 is 0 Å². The largest absolute Gasteiger partial charge is 0.352 e. The smallest absolute Gasteiger partial charge is 0.224 e. The second kappa shape index (κ2) is 9.72. The zero-order chi connectivity index (χ0) is 20.8. The summed E-state index contributed by atoms with van der Waals surface area (Å²) in [5, 5.41) is 3.17. The maximum absolute atomic E-state index is 12.8.